The Balaban J connectivity index is 1.62. The highest BCUT2D eigenvalue weighted by molar-refractivity contribution is 7.97. The first-order valence-corrected chi connectivity index (χ1v) is 9.17. The Labute approximate surface area is 142 Å². The van der Waals surface area contributed by atoms with Crippen LogP contribution in [0.25, 0.3) is 0 Å². The number of hydrogen-bond acceptors (Lipinski definition) is 4. The molecular formula is C18H22N2S2. The number of nitrogens with zero attached hydrogens (tertiary/aromatic N) is 2. The van der Waals surface area contributed by atoms with E-state index in [1.807, 2.05) is 23.9 Å². The Kier molecular flexibility index (Phi) is 5.14. The highest BCUT2D eigenvalue weighted by Gasteiger charge is 2.34. The topological polar surface area (TPSA) is 6.48 Å². The molecule has 1 aliphatic rings. The largest absolute Gasteiger partial charge is 0.243 e. The van der Waals surface area contributed by atoms with Crippen LogP contribution in [0, 0.1) is 0 Å². The Bertz CT molecular complexity index is 587. The van der Waals surface area contributed by atoms with Crippen molar-refractivity contribution in [3.05, 3.63) is 60.7 Å². The van der Waals surface area contributed by atoms with Gasteiger partial charge in [-0.1, -0.05) is 36.4 Å². The van der Waals surface area contributed by atoms with Gasteiger partial charge in [0.1, 0.15) is 0 Å². The molecule has 0 atom stereocenters. The molecule has 2 aromatic carbocycles. The fraction of sp³-hybridized carbons (Fsp3) is 0.333. The van der Waals surface area contributed by atoms with Crippen LogP contribution >= 0.6 is 23.9 Å². The van der Waals surface area contributed by atoms with Crippen LogP contribution in [-0.2, 0) is 0 Å². The zero-order valence-electron chi connectivity index (χ0n) is 13.1. The first-order chi connectivity index (χ1) is 10.6. The predicted octanol–water partition coefficient (Wildman–Crippen LogP) is 4.80. The van der Waals surface area contributed by atoms with Gasteiger partial charge in [0, 0.05) is 35.0 Å². The maximum Gasteiger partial charge on any atom is 0.0397 e. The molecule has 22 heavy (non-hydrogen) atoms. The van der Waals surface area contributed by atoms with Crippen molar-refractivity contribution in [2.24, 2.45) is 0 Å². The summed E-state index contributed by atoms with van der Waals surface area (Å²) in [5.74, 6) is 0. The number of rotatable bonds is 4. The summed E-state index contributed by atoms with van der Waals surface area (Å²) in [6, 6.07) is 21.3. The number of benzene rings is 2. The zero-order valence-corrected chi connectivity index (χ0v) is 14.7. The van der Waals surface area contributed by atoms with Gasteiger partial charge in [-0.15, -0.1) is 0 Å². The third-order valence-corrected chi connectivity index (χ3v) is 6.16. The summed E-state index contributed by atoms with van der Waals surface area (Å²) in [5, 5.41) is 0. The quantitative estimate of drug-likeness (QED) is 0.743. The zero-order chi connectivity index (χ0) is 15.4. The minimum absolute atomic E-state index is 0.153. The van der Waals surface area contributed by atoms with E-state index in [9.17, 15) is 0 Å². The molecule has 0 radical (unpaired) electrons. The summed E-state index contributed by atoms with van der Waals surface area (Å²) < 4.78 is 5.00. The summed E-state index contributed by atoms with van der Waals surface area (Å²) >= 11 is 3.75. The monoisotopic (exact) mass is 330 g/mol. The average molecular weight is 331 g/mol. The molecule has 0 saturated carbocycles. The third-order valence-electron chi connectivity index (χ3n) is 3.73. The Hall–Kier alpha value is -0.940. The van der Waals surface area contributed by atoms with Gasteiger partial charge in [0.25, 0.3) is 0 Å². The van der Waals surface area contributed by atoms with E-state index in [1.54, 1.807) is 0 Å². The molecule has 1 heterocycles. The van der Waals surface area contributed by atoms with Crippen molar-refractivity contribution < 1.29 is 0 Å². The third kappa shape index (κ3) is 4.07. The molecule has 0 amide bonds. The van der Waals surface area contributed by atoms with Crippen molar-refractivity contribution in [3.63, 3.8) is 0 Å². The van der Waals surface area contributed by atoms with Crippen molar-refractivity contribution in [1.29, 1.82) is 0 Å². The van der Waals surface area contributed by atoms with Crippen LogP contribution in [0.1, 0.15) is 13.8 Å². The van der Waals surface area contributed by atoms with E-state index in [0.717, 1.165) is 19.6 Å². The predicted molar refractivity (Wildman–Crippen MR) is 97.0 cm³/mol. The highest BCUT2D eigenvalue weighted by atomic mass is 32.2. The summed E-state index contributed by atoms with van der Waals surface area (Å²) in [6.45, 7) is 7.89. The lowest BCUT2D eigenvalue weighted by molar-refractivity contribution is 0.152. The van der Waals surface area contributed by atoms with Gasteiger partial charge in [0.2, 0.25) is 0 Å². The molecule has 0 unspecified atom stereocenters. The molecule has 3 rings (SSSR count). The standard InChI is InChI=1S/C18H22N2S2/c1-18(2)15-19(21-16-9-5-3-6-10-16)13-14-20(18)22-17-11-7-4-8-12-17/h3-12H,13-15H2,1-2H3. The molecule has 0 N–H and O–H groups in total. The van der Waals surface area contributed by atoms with Crippen LogP contribution in [0.15, 0.2) is 70.5 Å². The second-order valence-electron chi connectivity index (χ2n) is 6.09. The van der Waals surface area contributed by atoms with Gasteiger partial charge in [0.15, 0.2) is 0 Å². The summed E-state index contributed by atoms with van der Waals surface area (Å²) in [4.78, 5) is 2.64. The second kappa shape index (κ2) is 7.09. The van der Waals surface area contributed by atoms with E-state index in [1.165, 1.54) is 9.79 Å². The van der Waals surface area contributed by atoms with Gasteiger partial charge >= 0.3 is 0 Å². The molecule has 1 fully saturated rings. The lowest BCUT2D eigenvalue weighted by Crippen LogP contribution is -2.54. The van der Waals surface area contributed by atoms with Gasteiger partial charge < -0.3 is 0 Å². The SMILES string of the molecule is CC1(C)CN(Sc2ccccc2)CCN1Sc1ccccc1. The van der Waals surface area contributed by atoms with E-state index in [0.29, 0.717) is 0 Å². The summed E-state index contributed by atoms with van der Waals surface area (Å²) in [5.41, 5.74) is 0.153. The maximum absolute atomic E-state index is 2.52. The maximum atomic E-state index is 2.52. The highest BCUT2D eigenvalue weighted by Crippen LogP contribution is 2.36. The van der Waals surface area contributed by atoms with E-state index in [4.69, 9.17) is 0 Å². The normalized spacial score (nSPS) is 19.2. The van der Waals surface area contributed by atoms with E-state index < -0.39 is 0 Å². The van der Waals surface area contributed by atoms with Crippen LogP contribution < -0.4 is 0 Å². The summed E-state index contributed by atoms with van der Waals surface area (Å²) in [6.07, 6.45) is 0. The van der Waals surface area contributed by atoms with Crippen molar-refractivity contribution in [2.45, 2.75) is 29.2 Å². The molecule has 2 nitrogen and oxygen atoms in total. The van der Waals surface area contributed by atoms with Crippen LogP contribution in [0.3, 0.4) is 0 Å². The fourth-order valence-electron chi connectivity index (χ4n) is 2.58. The van der Waals surface area contributed by atoms with E-state index in [-0.39, 0.29) is 5.54 Å². The van der Waals surface area contributed by atoms with Crippen LogP contribution in [-0.4, -0.2) is 33.8 Å². The molecule has 0 bridgehead atoms. The smallest absolute Gasteiger partial charge is 0.0397 e. The van der Waals surface area contributed by atoms with Gasteiger partial charge in [-0.25, -0.2) is 8.61 Å². The molecule has 4 heteroatoms. The number of hydrogen-bond donors (Lipinski definition) is 0. The van der Waals surface area contributed by atoms with E-state index >= 15 is 0 Å². The fourth-order valence-corrected chi connectivity index (χ4v) is 4.72. The summed E-state index contributed by atoms with van der Waals surface area (Å²) in [7, 11) is 0. The molecule has 0 aromatic heterocycles. The Morgan fingerprint density at radius 2 is 1.32 bits per heavy atom. The lowest BCUT2D eigenvalue weighted by Gasteiger charge is -2.45. The minimum atomic E-state index is 0.153. The molecule has 2 aromatic rings. The van der Waals surface area contributed by atoms with Gasteiger partial charge in [-0.3, -0.25) is 0 Å². The molecular weight excluding hydrogens is 308 g/mol. The molecule has 0 spiro atoms. The van der Waals surface area contributed by atoms with Gasteiger partial charge in [-0.05, 0) is 62.0 Å². The minimum Gasteiger partial charge on any atom is -0.243 e. The first-order valence-electron chi connectivity index (χ1n) is 7.62. The molecule has 1 saturated heterocycles. The van der Waals surface area contributed by atoms with Crippen molar-refractivity contribution in [1.82, 2.24) is 8.61 Å². The van der Waals surface area contributed by atoms with Crippen molar-refractivity contribution >= 4 is 23.9 Å². The lowest BCUT2D eigenvalue weighted by atomic mass is 10.0. The number of piperazine rings is 1. The van der Waals surface area contributed by atoms with Crippen molar-refractivity contribution in [3.8, 4) is 0 Å². The van der Waals surface area contributed by atoms with Crippen LogP contribution in [0.5, 0.6) is 0 Å². The molecule has 116 valence electrons. The average Bonchev–Trinajstić information content (AvgIpc) is 2.52. The van der Waals surface area contributed by atoms with Gasteiger partial charge in [0.05, 0.1) is 0 Å². The molecule has 0 aliphatic carbocycles. The first kappa shape index (κ1) is 15.9. The van der Waals surface area contributed by atoms with Gasteiger partial charge in [-0.2, -0.15) is 0 Å². The van der Waals surface area contributed by atoms with E-state index in [2.05, 4.69) is 83.1 Å². The second-order valence-corrected chi connectivity index (χ2v) is 8.35. The van der Waals surface area contributed by atoms with Crippen molar-refractivity contribution in [2.75, 3.05) is 19.6 Å². The Morgan fingerprint density at radius 1 is 0.773 bits per heavy atom. The molecule has 1 aliphatic heterocycles. The Morgan fingerprint density at radius 3 is 1.86 bits per heavy atom. The van der Waals surface area contributed by atoms with Crippen LogP contribution in [0.4, 0.5) is 0 Å². The van der Waals surface area contributed by atoms with Crippen LogP contribution in [0.2, 0.25) is 0 Å².